The lowest BCUT2D eigenvalue weighted by Crippen LogP contribution is -2.54. The standard InChI is InChI=1S/C30H35N7O3/c1-17-9-11-32-24(13-17)34-28(38)20-7-5-19(6-8-20)26-25-21(10-12-33-27(25)31)35-37(26)23-15-18-14-22(23)36(16-18)29(39)40-30(2,3)4/h5-13,18,22-23,26,35H,14-16H2,1-4H3,(H2,31,33)(H,32,34,38). The molecule has 2 fully saturated rings. The number of ether oxygens (including phenoxy) is 1. The summed E-state index contributed by atoms with van der Waals surface area (Å²) in [6.45, 7) is 8.34. The fourth-order valence-corrected chi connectivity index (χ4v) is 6.25. The van der Waals surface area contributed by atoms with E-state index in [1.807, 2.05) is 75.1 Å². The summed E-state index contributed by atoms with van der Waals surface area (Å²) in [7, 11) is 0. The number of nitrogens with zero attached hydrogens (tertiary/aromatic N) is 4. The minimum Gasteiger partial charge on any atom is -0.444 e. The van der Waals surface area contributed by atoms with Crippen LogP contribution in [0.1, 0.15) is 66.7 Å². The zero-order valence-electron chi connectivity index (χ0n) is 23.2. The summed E-state index contributed by atoms with van der Waals surface area (Å²) in [4.78, 5) is 36.5. The molecule has 3 aliphatic rings. The quantitative estimate of drug-likeness (QED) is 0.432. The lowest BCUT2D eigenvalue weighted by atomic mass is 9.95. The molecule has 40 heavy (non-hydrogen) atoms. The third kappa shape index (κ3) is 4.83. The Kier molecular flexibility index (Phi) is 6.37. The van der Waals surface area contributed by atoms with Crippen molar-refractivity contribution in [2.45, 2.75) is 64.3 Å². The van der Waals surface area contributed by atoms with Crippen LogP contribution in [0.4, 0.5) is 22.1 Å². The van der Waals surface area contributed by atoms with Crippen LogP contribution in [-0.4, -0.2) is 56.1 Å². The van der Waals surface area contributed by atoms with Gasteiger partial charge in [0, 0.05) is 30.1 Å². The number of fused-ring (bicyclic) bond motifs is 3. The van der Waals surface area contributed by atoms with Crippen molar-refractivity contribution in [1.29, 1.82) is 0 Å². The van der Waals surface area contributed by atoms with Gasteiger partial charge in [-0.2, -0.15) is 0 Å². The van der Waals surface area contributed by atoms with Gasteiger partial charge in [0.15, 0.2) is 0 Å². The number of piperidine rings is 1. The first-order valence-electron chi connectivity index (χ1n) is 13.7. The predicted molar refractivity (Wildman–Crippen MR) is 153 cm³/mol. The van der Waals surface area contributed by atoms with E-state index in [-0.39, 0.29) is 30.1 Å². The maximum absolute atomic E-state index is 13.1. The lowest BCUT2D eigenvalue weighted by Gasteiger charge is -2.40. The lowest BCUT2D eigenvalue weighted by molar-refractivity contribution is 0.00677. The molecule has 4 N–H and O–H groups in total. The summed E-state index contributed by atoms with van der Waals surface area (Å²) in [5, 5.41) is 5.08. The Morgan fingerprint density at radius 1 is 1.05 bits per heavy atom. The summed E-state index contributed by atoms with van der Waals surface area (Å²) >= 11 is 0. The first-order chi connectivity index (χ1) is 19.1. The SMILES string of the molecule is Cc1ccnc(NC(=O)c2ccc(C3c4c(ccnc4N)NN3C3CC4CC3N(C(=O)OC(C)(C)C)C4)cc2)c1. The monoisotopic (exact) mass is 541 g/mol. The van der Waals surface area contributed by atoms with Crippen LogP contribution >= 0.6 is 0 Å². The van der Waals surface area contributed by atoms with Crippen molar-refractivity contribution in [3.8, 4) is 0 Å². The number of rotatable bonds is 4. The fourth-order valence-electron chi connectivity index (χ4n) is 6.25. The highest BCUT2D eigenvalue weighted by Gasteiger charge is 2.53. The van der Waals surface area contributed by atoms with E-state index < -0.39 is 5.60 Å². The zero-order valence-corrected chi connectivity index (χ0v) is 23.2. The number of nitrogen functional groups attached to an aromatic ring is 1. The Morgan fingerprint density at radius 2 is 1.77 bits per heavy atom. The molecule has 0 radical (unpaired) electrons. The van der Waals surface area contributed by atoms with E-state index >= 15 is 0 Å². The van der Waals surface area contributed by atoms with Crippen LogP contribution in [0, 0.1) is 12.8 Å². The Hall–Kier alpha value is -4.18. The Labute approximate surface area is 233 Å². The fraction of sp³-hybridized carbons (Fsp3) is 0.400. The summed E-state index contributed by atoms with van der Waals surface area (Å²) in [6.07, 6.45) is 5.00. The van der Waals surface area contributed by atoms with Gasteiger partial charge in [-0.3, -0.25) is 4.79 Å². The molecule has 6 rings (SSSR count). The van der Waals surface area contributed by atoms with Crippen LogP contribution in [0.15, 0.2) is 54.9 Å². The van der Waals surface area contributed by atoms with E-state index in [4.69, 9.17) is 10.5 Å². The molecule has 1 saturated carbocycles. The molecule has 208 valence electrons. The highest BCUT2D eigenvalue weighted by Crippen LogP contribution is 2.49. The van der Waals surface area contributed by atoms with E-state index in [0.717, 1.165) is 35.2 Å². The number of aromatic nitrogens is 2. The van der Waals surface area contributed by atoms with Crippen LogP contribution in [-0.2, 0) is 4.74 Å². The molecule has 2 aliphatic heterocycles. The normalized spacial score (nSPS) is 23.6. The number of carbonyl (C=O) groups is 2. The Balaban J connectivity index is 1.28. The molecular formula is C30H35N7O3. The highest BCUT2D eigenvalue weighted by molar-refractivity contribution is 6.03. The number of aryl methyl sites for hydroxylation is 1. The number of hydrogen-bond donors (Lipinski definition) is 3. The van der Waals surface area contributed by atoms with E-state index in [1.54, 1.807) is 12.4 Å². The first kappa shape index (κ1) is 26.1. The topological polar surface area (TPSA) is 126 Å². The van der Waals surface area contributed by atoms with Crippen LogP contribution in [0.5, 0.6) is 0 Å². The number of amides is 2. The average Bonchev–Trinajstić information content (AvgIpc) is 3.61. The number of benzene rings is 1. The van der Waals surface area contributed by atoms with Gasteiger partial charge in [-0.25, -0.2) is 19.8 Å². The molecule has 1 saturated heterocycles. The van der Waals surface area contributed by atoms with Gasteiger partial charge in [0.25, 0.3) is 5.91 Å². The number of anilines is 3. The minimum absolute atomic E-state index is 0.0187. The van der Waals surface area contributed by atoms with Crippen LogP contribution in [0.2, 0.25) is 0 Å². The van der Waals surface area contributed by atoms with Gasteiger partial charge < -0.3 is 26.1 Å². The molecule has 4 heterocycles. The van der Waals surface area contributed by atoms with Gasteiger partial charge in [0.1, 0.15) is 17.2 Å². The summed E-state index contributed by atoms with van der Waals surface area (Å²) in [6, 6.07) is 13.0. The summed E-state index contributed by atoms with van der Waals surface area (Å²) in [5.74, 6) is 1.15. The number of hydrogen-bond acceptors (Lipinski definition) is 8. The molecule has 1 aromatic carbocycles. The molecule has 2 aromatic heterocycles. The molecule has 3 aromatic rings. The van der Waals surface area contributed by atoms with Crippen molar-refractivity contribution in [1.82, 2.24) is 19.9 Å². The number of pyridine rings is 2. The van der Waals surface area contributed by atoms with Crippen LogP contribution in [0.3, 0.4) is 0 Å². The molecule has 2 amide bonds. The molecule has 10 heteroatoms. The number of hydrazine groups is 1. The van der Waals surface area contributed by atoms with E-state index in [2.05, 4.69) is 25.7 Å². The Morgan fingerprint density at radius 3 is 2.48 bits per heavy atom. The highest BCUT2D eigenvalue weighted by atomic mass is 16.6. The number of nitrogens with two attached hydrogens (primary N) is 1. The van der Waals surface area contributed by atoms with Gasteiger partial charge in [-0.15, -0.1) is 0 Å². The largest absolute Gasteiger partial charge is 0.444 e. The van der Waals surface area contributed by atoms with Gasteiger partial charge >= 0.3 is 6.09 Å². The van der Waals surface area contributed by atoms with Crippen molar-refractivity contribution in [3.05, 3.63) is 77.1 Å². The predicted octanol–water partition coefficient (Wildman–Crippen LogP) is 4.75. The smallest absolute Gasteiger partial charge is 0.410 e. The van der Waals surface area contributed by atoms with Gasteiger partial charge in [0.2, 0.25) is 0 Å². The number of carbonyl (C=O) groups excluding carboxylic acids is 2. The Bertz CT molecular complexity index is 1450. The number of likely N-dealkylation sites (tertiary alicyclic amines) is 1. The van der Waals surface area contributed by atoms with Crippen molar-refractivity contribution in [2.24, 2.45) is 5.92 Å². The summed E-state index contributed by atoms with van der Waals surface area (Å²) < 4.78 is 5.74. The maximum atomic E-state index is 13.1. The van der Waals surface area contributed by atoms with Gasteiger partial charge in [0.05, 0.1) is 23.8 Å². The van der Waals surface area contributed by atoms with Crippen molar-refractivity contribution >= 4 is 29.3 Å². The molecule has 0 spiro atoms. The van der Waals surface area contributed by atoms with E-state index in [0.29, 0.717) is 29.7 Å². The molecule has 4 atom stereocenters. The van der Waals surface area contributed by atoms with Crippen molar-refractivity contribution in [3.63, 3.8) is 0 Å². The van der Waals surface area contributed by atoms with E-state index in [1.165, 1.54) is 0 Å². The van der Waals surface area contributed by atoms with Gasteiger partial charge in [-0.1, -0.05) is 12.1 Å². The van der Waals surface area contributed by atoms with E-state index in [9.17, 15) is 9.59 Å². The number of nitrogens with one attached hydrogen (secondary N) is 2. The molecular weight excluding hydrogens is 506 g/mol. The molecule has 2 bridgehead atoms. The second-order valence-corrected chi connectivity index (χ2v) is 12.0. The van der Waals surface area contributed by atoms with Crippen molar-refractivity contribution < 1.29 is 14.3 Å². The second kappa shape index (κ2) is 9.78. The summed E-state index contributed by atoms with van der Waals surface area (Å²) in [5.41, 5.74) is 13.8. The first-order valence-corrected chi connectivity index (χ1v) is 13.7. The van der Waals surface area contributed by atoms with Crippen LogP contribution < -0.4 is 16.5 Å². The minimum atomic E-state index is -0.553. The molecule has 1 aliphatic carbocycles. The third-order valence-electron chi connectivity index (χ3n) is 7.90. The second-order valence-electron chi connectivity index (χ2n) is 12.0. The van der Waals surface area contributed by atoms with Gasteiger partial charge in [-0.05, 0) is 87.9 Å². The zero-order chi connectivity index (χ0) is 28.2. The van der Waals surface area contributed by atoms with Crippen LogP contribution in [0.25, 0.3) is 0 Å². The maximum Gasteiger partial charge on any atom is 0.410 e. The molecule has 4 unspecified atom stereocenters. The third-order valence-corrected chi connectivity index (χ3v) is 7.90. The average molecular weight is 542 g/mol. The molecule has 10 nitrogen and oxygen atoms in total. The van der Waals surface area contributed by atoms with Crippen molar-refractivity contribution in [2.75, 3.05) is 23.0 Å².